The van der Waals surface area contributed by atoms with Crippen LogP contribution in [-0.4, -0.2) is 63.4 Å². The highest BCUT2D eigenvalue weighted by Crippen LogP contribution is 2.56. The molecule has 2 unspecified atom stereocenters. The fraction of sp³-hybridized carbons (Fsp3) is 0.667. The smallest absolute Gasteiger partial charge is 0.223 e. The Morgan fingerprint density at radius 1 is 1.29 bits per heavy atom. The van der Waals surface area contributed by atoms with Gasteiger partial charge in [-0.25, -0.2) is 18.7 Å². The van der Waals surface area contributed by atoms with Gasteiger partial charge in [0.2, 0.25) is 18.6 Å². The molecule has 0 aromatic carbocycles. The number of fused-ring (bicyclic) bond motifs is 1. The van der Waals surface area contributed by atoms with Gasteiger partial charge in [0.1, 0.15) is 17.8 Å². The highest BCUT2D eigenvalue weighted by Gasteiger charge is 2.57. The van der Waals surface area contributed by atoms with Crippen LogP contribution < -0.4 is 10.2 Å². The SMILES string of the molecule is O=C(NCC1CC(C(O)F)(C(O)F)C1)[C@H]1CCN(c2ncnc3[nH]ccc23)CC12CC2. The van der Waals surface area contributed by atoms with Crippen molar-refractivity contribution in [2.75, 3.05) is 24.5 Å². The van der Waals surface area contributed by atoms with Crippen molar-refractivity contribution in [3.05, 3.63) is 18.6 Å². The average molecular weight is 435 g/mol. The molecule has 4 N–H and O–H groups in total. The van der Waals surface area contributed by atoms with E-state index in [1.54, 1.807) is 6.33 Å². The maximum Gasteiger partial charge on any atom is 0.223 e. The summed E-state index contributed by atoms with van der Waals surface area (Å²) in [6, 6.07) is 1.96. The van der Waals surface area contributed by atoms with Crippen molar-refractivity contribution >= 4 is 22.8 Å². The number of carbonyl (C=O) groups is 1. The fourth-order valence-corrected chi connectivity index (χ4v) is 5.56. The summed E-state index contributed by atoms with van der Waals surface area (Å²) < 4.78 is 26.7. The third-order valence-corrected chi connectivity index (χ3v) is 7.63. The Balaban J connectivity index is 1.19. The summed E-state index contributed by atoms with van der Waals surface area (Å²) in [6.45, 7) is 1.77. The Bertz CT molecular complexity index is 961. The standard InChI is InChI=1S/C21H27F2N5O3/c22-18(30)21(19(23)31)7-12(8-21)9-25-17(29)14-2-6-28(10-20(14)3-4-20)16-13-1-5-24-15(13)26-11-27-16/h1,5,11-12,14,18-19,30-31H,2-4,6-10H2,(H,25,29)(H,24,26,27)/t12?,14-,18?,19?,21?/m1/s1. The number of H-pyrrole nitrogens is 1. The largest absolute Gasteiger partial charge is 0.363 e. The van der Waals surface area contributed by atoms with E-state index in [1.807, 2.05) is 12.3 Å². The Labute approximate surface area is 178 Å². The van der Waals surface area contributed by atoms with Crippen LogP contribution in [0.5, 0.6) is 0 Å². The molecule has 0 radical (unpaired) electrons. The van der Waals surface area contributed by atoms with E-state index in [0.717, 1.165) is 36.2 Å². The summed E-state index contributed by atoms with van der Waals surface area (Å²) in [7, 11) is 0. The second-order valence-electron chi connectivity index (χ2n) is 9.49. The molecule has 31 heavy (non-hydrogen) atoms. The van der Waals surface area contributed by atoms with E-state index in [2.05, 4.69) is 25.2 Å². The highest BCUT2D eigenvalue weighted by atomic mass is 19.2. The molecule has 8 nitrogen and oxygen atoms in total. The Hall–Kier alpha value is -2.33. The van der Waals surface area contributed by atoms with Gasteiger partial charge in [-0.05, 0) is 49.5 Å². The number of aliphatic hydroxyl groups excluding tert-OH is 2. The summed E-state index contributed by atoms with van der Waals surface area (Å²) in [6.07, 6.45) is 1.26. The van der Waals surface area contributed by atoms with Crippen LogP contribution in [0.4, 0.5) is 14.6 Å². The van der Waals surface area contributed by atoms with E-state index >= 15 is 0 Å². The van der Waals surface area contributed by atoms with Gasteiger partial charge in [0.25, 0.3) is 0 Å². The van der Waals surface area contributed by atoms with Crippen molar-refractivity contribution in [1.82, 2.24) is 20.3 Å². The Morgan fingerprint density at radius 2 is 2.03 bits per heavy atom. The Kier molecular flexibility index (Phi) is 4.89. The van der Waals surface area contributed by atoms with Crippen molar-refractivity contribution in [2.24, 2.45) is 22.7 Å². The molecule has 5 rings (SSSR count). The first-order valence-corrected chi connectivity index (χ1v) is 10.8. The predicted octanol–water partition coefficient (Wildman–Crippen LogP) is 1.65. The van der Waals surface area contributed by atoms with Crippen LogP contribution in [0, 0.1) is 22.7 Å². The summed E-state index contributed by atoms with van der Waals surface area (Å²) in [5.41, 5.74) is -1.02. The number of hydrogen-bond donors (Lipinski definition) is 4. The monoisotopic (exact) mass is 435 g/mol. The first kappa shape index (κ1) is 20.6. The first-order valence-electron chi connectivity index (χ1n) is 10.8. The molecule has 1 spiro atoms. The predicted molar refractivity (Wildman–Crippen MR) is 108 cm³/mol. The topological polar surface area (TPSA) is 114 Å². The Morgan fingerprint density at radius 3 is 2.71 bits per heavy atom. The molecule has 3 heterocycles. The number of aliphatic hydroxyl groups is 2. The normalized spacial score (nSPS) is 31.3. The van der Waals surface area contributed by atoms with E-state index < -0.39 is 18.1 Å². The fourth-order valence-electron chi connectivity index (χ4n) is 5.56. The molecule has 2 aliphatic carbocycles. The number of halogens is 2. The lowest BCUT2D eigenvalue weighted by Crippen LogP contribution is -2.55. The highest BCUT2D eigenvalue weighted by molar-refractivity contribution is 5.87. The number of aromatic nitrogens is 3. The molecule has 168 valence electrons. The van der Waals surface area contributed by atoms with Crippen molar-refractivity contribution in [3.8, 4) is 0 Å². The molecule has 1 saturated heterocycles. The van der Waals surface area contributed by atoms with Gasteiger partial charge < -0.3 is 25.4 Å². The second-order valence-corrected chi connectivity index (χ2v) is 9.49. The molecule has 3 aliphatic rings. The first-order chi connectivity index (χ1) is 14.8. The van der Waals surface area contributed by atoms with Crippen LogP contribution in [-0.2, 0) is 4.79 Å². The van der Waals surface area contributed by atoms with E-state index in [4.69, 9.17) is 0 Å². The molecule has 10 heteroatoms. The number of carbonyl (C=O) groups excluding carboxylic acids is 1. The van der Waals surface area contributed by atoms with E-state index in [1.165, 1.54) is 0 Å². The van der Waals surface area contributed by atoms with Gasteiger partial charge in [-0.15, -0.1) is 0 Å². The van der Waals surface area contributed by atoms with E-state index in [9.17, 15) is 23.8 Å². The number of aromatic amines is 1. The maximum atomic E-state index is 13.3. The van der Waals surface area contributed by atoms with Crippen molar-refractivity contribution in [1.29, 1.82) is 0 Å². The van der Waals surface area contributed by atoms with Crippen molar-refractivity contribution in [3.63, 3.8) is 0 Å². The lowest BCUT2D eigenvalue weighted by Gasteiger charge is -2.48. The van der Waals surface area contributed by atoms with Crippen molar-refractivity contribution in [2.45, 2.75) is 44.8 Å². The van der Waals surface area contributed by atoms with Gasteiger partial charge in [-0.1, -0.05) is 0 Å². The van der Waals surface area contributed by atoms with Gasteiger partial charge >= 0.3 is 0 Å². The molecule has 2 aromatic heterocycles. The van der Waals surface area contributed by atoms with E-state index in [0.29, 0.717) is 19.5 Å². The summed E-state index contributed by atoms with van der Waals surface area (Å²) in [4.78, 5) is 27.0. The third-order valence-electron chi connectivity index (χ3n) is 7.63. The number of nitrogens with zero attached hydrogens (tertiary/aromatic N) is 3. The van der Waals surface area contributed by atoms with Crippen LogP contribution in [0.1, 0.15) is 32.1 Å². The minimum atomic E-state index is -2.41. The molecular weight excluding hydrogens is 408 g/mol. The third kappa shape index (κ3) is 3.36. The molecule has 1 amide bonds. The summed E-state index contributed by atoms with van der Waals surface area (Å²) >= 11 is 0. The lowest BCUT2D eigenvalue weighted by molar-refractivity contribution is -0.228. The molecular formula is C21H27F2N5O3. The zero-order chi connectivity index (χ0) is 21.8. The van der Waals surface area contributed by atoms with Crippen LogP contribution in [0.25, 0.3) is 11.0 Å². The number of alkyl halides is 2. The zero-order valence-electron chi connectivity index (χ0n) is 17.1. The van der Waals surface area contributed by atoms with E-state index in [-0.39, 0.29) is 36.0 Å². The molecule has 1 aliphatic heterocycles. The number of piperidine rings is 1. The number of nitrogens with one attached hydrogen (secondary N) is 2. The van der Waals surface area contributed by atoms with Gasteiger partial charge in [-0.2, -0.15) is 0 Å². The van der Waals surface area contributed by atoms with Crippen LogP contribution in [0.3, 0.4) is 0 Å². The van der Waals surface area contributed by atoms with Gasteiger partial charge in [0.05, 0.1) is 10.8 Å². The number of hydrogen-bond acceptors (Lipinski definition) is 6. The van der Waals surface area contributed by atoms with Crippen LogP contribution in [0.15, 0.2) is 18.6 Å². The molecule has 0 bridgehead atoms. The second kappa shape index (κ2) is 7.37. The van der Waals surface area contributed by atoms with Gasteiger partial charge in [0, 0.05) is 31.7 Å². The van der Waals surface area contributed by atoms with Crippen molar-refractivity contribution < 1.29 is 23.8 Å². The minimum absolute atomic E-state index is 0.00652. The number of anilines is 1. The zero-order valence-corrected chi connectivity index (χ0v) is 17.1. The van der Waals surface area contributed by atoms with Crippen LogP contribution in [0.2, 0.25) is 0 Å². The number of rotatable bonds is 6. The molecule has 2 aromatic rings. The van der Waals surface area contributed by atoms with Gasteiger partial charge in [0.15, 0.2) is 0 Å². The summed E-state index contributed by atoms with van der Waals surface area (Å²) in [5, 5.41) is 22.3. The lowest BCUT2D eigenvalue weighted by atomic mass is 9.61. The molecule has 2 saturated carbocycles. The van der Waals surface area contributed by atoms with Crippen LogP contribution >= 0.6 is 0 Å². The molecule has 3 atom stereocenters. The quantitative estimate of drug-likeness (QED) is 0.549. The van der Waals surface area contributed by atoms with Gasteiger partial charge in [-0.3, -0.25) is 4.79 Å². The summed E-state index contributed by atoms with van der Waals surface area (Å²) in [5.74, 6) is 0.607. The number of amides is 1. The maximum absolute atomic E-state index is 13.3. The minimum Gasteiger partial charge on any atom is -0.363 e. The average Bonchev–Trinajstić information content (AvgIpc) is 3.28. The molecule has 3 fully saturated rings.